The molecule has 1 heterocycles. The van der Waals surface area contributed by atoms with Gasteiger partial charge in [-0.1, -0.05) is 12.1 Å². The summed E-state index contributed by atoms with van der Waals surface area (Å²) in [4.78, 5) is 14.2. The average molecular weight is 264 g/mol. The van der Waals surface area contributed by atoms with E-state index in [0.29, 0.717) is 12.3 Å². The van der Waals surface area contributed by atoms with Crippen LogP contribution < -0.4 is 15.0 Å². The third kappa shape index (κ3) is 2.43. The second kappa shape index (κ2) is 5.19. The molecule has 1 aliphatic rings. The molecule has 0 saturated carbocycles. The normalized spacial score (nSPS) is 22.4. The summed E-state index contributed by atoms with van der Waals surface area (Å²) in [6, 6.07) is 6.87. The van der Waals surface area contributed by atoms with E-state index in [1.54, 1.807) is 12.0 Å². The standard InChI is InChI=1S/C14H20N2O3/c1-14(2)9-15-10(8-17)13(18)16(14)11-6-4-5-7-12(11)19-3/h4-7,10,15,17H,8-9H2,1-3H3. The maximum atomic E-state index is 12.5. The summed E-state index contributed by atoms with van der Waals surface area (Å²) in [6.07, 6.45) is 0. The monoisotopic (exact) mass is 264 g/mol. The maximum absolute atomic E-state index is 12.5. The van der Waals surface area contributed by atoms with Crippen molar-refractivity contribution in [3.63, 3.8) is 0 Å². The predicted octanol–water partition coefficient (Wildman–Crippen LogP) is 0.771. The lowest BCUT2D eigenvalue weighted by atomic mass is 9.95. The Morgan fingerprint density at radius 1 is 1.47 bits per heavy atom. The SMILES string of the molecule is COc1ccccc1N1C(=O)C(CO)NCC1(C)C. The van der Waals surface area contributed by atoms with Crippen LogP contribution >= 0.6 is 0 Å². The molecular formula is C14H20N2O3. The molecule has 1 aromatic carbocycles. The van der Waals surface area contributed by atoms with Crippen molar-refractivity contribution < 1.29 is 14.6 Å². The summed E-state index contributed by atoms with van der Waals surface area (Å²) in [7, 11) is 1.59. The number of anilines is 1. The number of benzene rings is 1. The van der Waals surface area contributed by atoms with Gasteiger partial charge in [0.15, 0.2) is 0 Å². The molecule has 2 N–H and O–H groups in total. The zero-order valence-corrected chi connectivity index (χ0v) is 11.5. The maximum Gasteiger partial charge on any atom is 0.247 e. The highest BCUT2D eigenvalue weighted by atomic mass is 16.5. The first-order valence-corrected chi connectivity index (χ1v) is 6.32. The number of nitrogens with one attached hydrogen (secondary N) is 1. The topological polar surface area (TPSA) is 61.8 Å². The highest BCUT2D eigenvalue weighted by molar-refractivity contribution is 6.00. The lowest BCUT2D eigenvalue weighted by Crippen LogP contribution is -2.66. The summed E-state index contributed by atoms with van der Waals surface area (Å²) >= 11 is 0. The number of hydrogen-bond donors (Lipinski definition) is 2. The van der Waals surface area contributed by atoms with Crippen molar-refractivity contribution in [3.05, 3.63) is 24.3 Å². The first kappa shape index (κ1) is 13.8. The molecule has 1 saturated heterocycles. The average Bonchev–Trinajstić information content (AvgIpc) is 2.39. The largest absolute Gasteiger partial charge is 0.495 e. The van der Waals surface area contributed by atoms with Crippen molar-refractivity contribution in [2.45, 2.75) is 25.4 Å². The fraction of sp³-hybridized carbons (Fsp3) is 0.500. The number of piperazine rings is 1. The number of carbonyl (C=O) groups excluding carboxylic acids is 1. The molecule has 0 aromatic heterocycles. The van der Waals surface area contributed by atoms with Gasteiger partial charge in [-0.15, -0.1) is 0 Å². The van der Waals surface area contributed by atoms with E-state index in [2.05, 4.69) is 5.32 Å². The Morgan fingerprint density at radius 2 is 2.16 bits per heavy atom. The number of amides is 1. The molecule has 1 aliphatic heterocycles. The second-order valence-corrected chi connectivity index (χ2v) is 5.27. The van der Waals surface area contributed by atoms with Crippen LogP contribution in [0.1, 0.15) is 13.8 Å². The van der Waals surface area contributed by atoms with Gasteiger partial charge in [0, 0.05) is 6.54 Å². The molecule has 0 aliphatic carbocycles. The first-order chi connectivity index (χ1) is 9.01. The predicted molar refractivity (Wildman–Crippen MR) is 73.4 cm³/mol. The van der Waals surface area contributed by atoms with Crippen molar-refractivity contribution in [2.24, 2.45) is 0 Å². The van der Waals surface area contributed by atoms with Crippen LogP contribution in [0.3, 0.4) is 0 Å². The van der Waals surface area contributed by atoms with Gasteiger partial charge in [-0.05, 0) is 26.0 Å². The van der Waals surface area contributed by atoms with Crippen LogP contribution in [-0.4, -0.2) is 42.9 Å². The van der Waals surface area contributed by atoms with Crippen LogP contribution in [0.2, 0.25) is 0 Å². The van der Waals surface area contributed by atoms with E-state index in [0.717, 1.165) is 5.69 Å². The molecule has 1 unspecified atom stereocenters. The van der Waals surface area contributed by atoms with Crippen LogP contribution in [0.5, 0.6) is 5.75 Å². The third-order valence-electron chi connectivity index (χ3n) is 3.41. The van der Waals surface area contributed by atoms with E-state index < -0.39 is 6.04 Å². The van der Waals surface area contributed by atoms with Crippen molar-refractivity contribution in [1.29, 1.82) is 0 Å². The minimum atomic E-state index is -0.557. The highest BCUT2D eigenvalue weighted by Crippen LogP contribution is 2.34. The molecule has 0 spiro atoms. The number of carbonyl (C=O) groups is 1. The number of ether oxygens (including phenoxy) is 1. The fourth-order valence-corrected chi connectivity index (χ4v) is 2.40. The van der Waals surface area contributed by atoms with Gasteiger partial charge < -0.3 is 20.1 Å². The number of methoxy groups -OCH3 is 1. The number of rotatable bonds is 3. The van der Waals surface area contributed by atoms with Crippen LogP contribution in [0.25, 0.3) is 0 Å². The van der Waals surface area contributed by atoms with E-state index in [1.807, 2.05) is 38.1 Å². The number of aliphatic hydroxyl groups is 1. The van der Waals surface area contributed by atoms with Crippen LogP contribution in [0.4, 0.5) is 5.69 Å². The molecule has 1 aromatic rings. The molecule has 5 nitrogen and oxygen atoms in total. The van der Waals surface area contributed by atoms with E-state index in [4.69, 9.17) is 4.74 Å². The van der Waals surface area contributed by atoms with Crippen molar-refractivity contribution in [2.75, 3.05) is 25.2 Å². The molecule has 2 rings (SSSR count). The Bertz CT molecular complexity index is 474. The molecule has 1 atom stereocenters. The summed E-state index contributed by atoms with van der Waals surface area (Å²) in [5.74, 6) is 0.519. The van der Waals surface area contributed by atoms with E-state index in [9.17, 15) is 9.90 Å². The minimum Gasteiger partial charge on any atom is -0.495 e. The Balaban J connectivity index is 2.46. The third-order valence-corrected chi connectivity index (χ3v) is 3.41. The zero-order chi connectivity index (χ0) is 14.0. The molecule has 5 heteroatoms. The number of aliphatic hydroxyl groups excluding tert-OH is 1. The number of para-hydroxylation sites is 2. The molecule has 0 bridgehead atoms. The molecular weight excluding hydrogens is 244 g/mol. The van der Waals surface area contributed by atoms with Crippen molar-refractivity contribution in [3.8, 4) is 5.75 Å². The summed E-state index contributed by atoms with van der Waals surface area (Å²) in [5, 5.41) is 12.3. The van der Waals surface area contributed by atoms with Crippen LogP contribution in [-0.2, 0) is 4.79 Å². The van der Waals surface area contributed by atoms with Crippen molar-refractivity contribution in [1.82, 2.24) is 5.32 Å². The summed E-state index contributed by atoms with van der Waals surface area (Å²) in [6.45, 7) is 4.37. The zero-order valence-electron chi connectivity index (χ0n) is 11.5. The second-order valence-electron chi connectivity index (χ2n) is 5.27. The molecule has 104 valence electrons. The summed E-state index contributed by atoms with van der Waals surface area (Å²) in [5.41, 5.74) is 0.358. The number of nitrogens with zero attached hydrogens (tertiary/aromatic N) is 1. The Labute approximate surface area is 113 Å². The highest BCUT2D eigenvalue weighted by Gasteiger charge is 2.41. The van der Waals surface area contributed by atoms with Gasteiger partial charge in [-0.2, -0.15) is 0 Å². The fourth-order valence-electron chi connectivity index (χ4n) is 2.40. The van der Waals surface area contributed by atoms with Gasteiger partial charge in [-0.25, -0.2) is 0 Å². The van der Waals surface area contributed by atoms with E-state index in [1.165, 1.54) is 0 Å². The minimum absolute atomic E-state index is 0.136. The Hall–Kier alpha value is -1.59. The van der Waals surface area contributed by atoms with Gasteiger partial charge in [0.1, 0.15) is 11.8 Å². The summed E-state index contributed by atoms with van der Waals surface area (Å²) < 4.78 is 5.33. The lowest BCUT2D eigenvalue weighted by Gasteiger charge is -2.45. The Morgan fingerprint density at radius 3 is 2.79 bits per heavy atom. The van der Waals surface area contributed by atoms with E-state index in [-0.39, 0.29) is 18.1 Å². The smallest absolute Gasteiger partial charge is 0.247 e. The Kier molecular flexibility index (Phi) is 3.78. The van der Waals surface area contributed by atoms with Gasteiger partial charge in [0.2, 0.25) is 5.91 Å². The molecule has 1 fully saturated rings. The molecule has 19 heavy (non-hydrogen) atoms. The molecule has 0 radical (unpaired) electrons. The van der Waals surface area contributed by atoms with Gasteiger partial charge >= 0.3 is 0 Å². The van der Waals surface area contributed by atoms with Crippen LogP contribution in [0.15, 0.2) is 24.3 Å². The van der Waals surface area contributed by atoms with Crippen LogP contribution in [0, 0.1) is 0 Å². The van der Waals surface area contributed by atoms with Gasteiger partial charge in [0.05, 0.1) is 24.9 Å². The van der Waals surface area contributed by atoms with E-state index >= 15 is 0 Å². The van der Waals surface area contributed by atoms with Crippen molar-refractivity contribution >= 4 is 11.6 Å². The quantitative estimate of drug-likeness (QED) is 0.846. The first-order valence-electron chi connectivity index (χ1n) is 6.32. The van der Waals surface area contributed by atoms with Gasteiger partial charge in [-0.3, -0.25) is 4.79 Å². The molecule has 1 amide bonds. The lowest BCUT2D eigenvalue weighted by molar-refractivity contribution is -0.124. The number of hydrogen-bond acceptors (Lipinski definition) is 4. The van der Waals surface area contributed by atoms with Gasteiger partial charge in [0.25, 0.3) is 0 Å².